The van der Waals surface area contributed by atoms with Crippen molar-refractivity contribution in [3.63, 3.8) is 0 Å². The molecule has 0 radical (unpaired) electrons. The van der Waals surface area contributed by atoms with Crippen molar-refractivity contribution in [1.82, 2.24) is 9.53 Å². The Hall–Kier alpha value is -3.89. The average Bonchev–Trinajstić information content (AvgIpc) is 3.01. The first-order valence-electron chi connectivity index (χ1n) is 8.62. The van der Waals surface area contributed by atoms with Crippen LogP contribution in [0, 0.1) is 20.2 Å². The van der Waals surface area contributed by atoms with Crippen molar-refractivity contribution >= 4 is 51.2 Å². The molecule has 0 unspecified atom stereocenters. The highest BCUT2D eigenvalue weighted by atomic mass is 35.5. The van der Waals surface area contributed by atoms with E-state index in [1.807, 2.05) is 0 Å². The summed E-state index contributed by atoms with van der Waals surface area (Å²) in [5.74, 6) is 0. The van der Waals surface area contributed by atoms with Crippen LogP contribution in [0.25, 0.3) is 16.6 Å². The second kappa shape index (κ2) is 7.74. The van der Waals surface area contributed by atoms with E-state index in [-0.39, 0.29) is 16.4 Å². The highest BCUT2D eigenvalue weighted by Crippen LogP contribution is 2.30. The molecule has 0 bridgehead atoms. The lowest BCUT2D eigenvalue weighted by molar-refractivity contribution is -0.393. The van der Waals surface area contributed by atoms with E-state index in [0.29, 0.717) is 26.3 Å². The fraction of sp³-hybridized carbons (Fsp3) is 0. The lowest BCUT2D eigenvalue weighted by atomic mass is 10.2. The van der Waals surface area contributed by atoms with E-state index in [2.05, 4.69) is 4.99 Å². The summed E-state index contributed by atoms with van der Waals surface area (Å²) in [4.78, 5) is 26.5. The molecule has 4 aromatic rings. The van der Waals surface area contributed by atoms with Gasteiger partial charge in [0.05, 0.1) is 27.3 Å². The van der Waals surface area contributed by atoms with Crippen LogP contribution in [0.15, 0.2) is 65.7 Å². The Kier molecular flexibility index (Phi) is 5.09. The summed E-state index contributed by atoms with van der Waals surface area (Å²) in [6, 6.07) is 14.5. The zero-order chi connectivity index (χ0) is 22.3. The summed E-state index contributed by atoms with van der Waals surface area (Å²) in [5, 5.41) is 34.7. The van der Waals surface area contributed by atoms with Crippen LogP contribution >= 0.6 is 23.2 Å². The number of benzene rings is 3. The third-order valence-electron chi connectivity index (χ3n) is 4.45. The molecule has 12 heteroatoms. The second-order valence-corrected chi connectivity index (χ2v) is 7.24. The Balaban J connectivity index is 2.19. The molecule has 0 aliphatic heterocycles. The summed E-state index contributed by atoms with van der Waals surface area (Å²) >= 11 is 11.9. The van der Waals surface area contributed by atoms with Gasteiger partial charge in [-0.3, -0.25) is 20.2 Å². The van der Waals surface area contributed by atoms with Crippen LogP contribution in [0.5, 0.6) is 0 Å². The molecule has 0 atom stereocenters. The van der Waals surface area contributed by atoms with Crippen molar-refractivity contribution in [2.24, 2.45) is 4.99 Å². The quantitative estimate of drug-likeness (QED) is 0.260. The standard InChI is InChI=1S/C19H11Cl2N5O5/c20-11-1-5-13(6-2-11)22-19-18-16(9-15(25(28)29)10-17(18)26(30)31)24(27)23(19)14-7-3-12(21)4-8-14/h1-10,27H. The van der Waals surface area contributed by atoms with Gasteiger partial charge in [0.2, 0.25) is 0 Å². The number of non-ortho nitro benzene ring substituents is 2. The van der Waals surface area contributed by atoms with E-state index in [9.17, 15) is 25.4 Å². The maximum Gasteiger partial charge on any atom is 0.289 e. The monoisotopic (exact) mass is 459 g/mol. The lowest BCUT2D eigenvalue weighted by Crippen LogP contribution is -2.21. The molecular weight excluding hydrogens is 449 g/mol. The zero-order valence-electron chi connectivity index (χ0n) is 15.3. The van der Waals surface area contributed by atoms with Gasteiger partial charge in [-0.25, -0.2) is 9.67 Å². The van der Waals surface area contributed by atoms with Crippen LogP contribution in [0.2, 0.25) is 10.0 Å². The Labute approximate surface area is 183 Å². The number of aromatic nitrogens is 2. The maximum atomic E-state index is 11.7. The highest BCUT2D eigenvalue weighted by molar-refractivity contribution is 6.30. The minimum Gasteiger partial charge on any atom is -0.412 e. The van der Waals surface area contributed by atoms with E-state index < -0.39 is 21.2 Å². The highest BCUT2D eigenvalue weighted by Gasteiger charge is 2.27. The summed E-state index contributed by atoms with van der Waals surface area (Å²) in [6.45, 7) is 0. The average molecular weight is 460 g/mol. The molecule has 0 saturated carbocycles. The number of fused-ring (bicyclic) bond motifs is 1. The van der Waals surface area contributed by atoms with Crippen LogP contribution in [-0.4, -0.2) is 24.6 Å². The number of nitrogens with zero attached hydrogens (tertiary/aromatic N) is 5. The van der Waals surface area contributed by atoms with Crippen LogP contribution in [0.4, 0.5) is 17.1 Å². The molecule has 0 aliphatic rings. The molecule has 156 valence electrons. The van der Waals surface area contributed by atoms with Crippen molar-refractivity contribution in [2.75, 3.05) is 0 Å². The Morgan fingerprint density at radius 3 is 2.00 bits per heavy atom. The lowest BCUT2D eigenvalue weighted by Gasteiger charge is -2.07. The minimum absolute atomic E-state index is 0.0104. The molecule has 10 nitrogen and oxygen atoms in total. The zero-order valence-corrected chi connectivity index (χ0v) is 16.9. The summed E-state index contributed by atoms with van der Waals surface area (Å²) in [5.41, 5.74) is -0.534. The van der Waals surface area contributed by atoms with E-state index in [1.54, 1.807) is 48.5 Å². The Bertz CT molecular complexity index is 1410. The molecule has 0 saturated heterocycles. The fourth-order valence-corrected chi connectivity index (χ4v) is 3.34. The molecule has 1 heterocycles. The Morgan fingerprint density at radius 2 is 1.45 bits per heavy atom. The number of halogens is 2. The van der Waals surface area contributed by atoms with Gasteiger partial charge in [-0.2, -0.15) is 0 Å². The van der Waals surface area contributed by atoms with Gasteiger partial charge >= 0.3 is 0 Å². The van der Waals surface area contributed by atoms with Crippen molar-refractivity contribution in [3.8, 4) is 5.69 Å². The van der Waals surface area contributed by atoms with Crippen LogP contribution in [0.3, 0.4) is 0 Å². The number of nitro benzene ring substituents is 2. The van der Waals surface area contributed by atoms with E-state index in [0.717, 1.165) is 12.1 Å². The Morgan fingerprint density at radius 1 is 0.871 bits per heavy atom. The predicted octanol–water partition coefficient (Wildman–Crippen LogP) is 5.02. The van der Waals surface area contributed by atoms with Crippen molar-refractivity contribution in [3.05, 3.63) is 96.4 Å². The van der Waals surface area contributed by atoms with Crippen LogP contribution < -0.4 is 5.49 Å². The van der Waals surface area contributed by atoms with Gasteiger partial charge in [-0.05, 0) is 48.5 Å². The fourth-order valence-electron chi connectivity index (χ4n) is 3.09. The van der Waals surface area contributed by atoms with Gasteiger partial charge < -0.3 is 5.21 Å². The van der Waals surface area contributed by atoms with Crippen LogP contribution in [-0.2, 0) is 0 Å². The molecule has 0 fully saturated rings. The van der Waals surface area contributed by atoms with E-state index in [1.165, 1.54) is 4.68 Å². The van der Waals surface area contributed by atoms with Gasteiger partial charge in [0.25, 0.3) is 11.4 Å². The van der Waals surface area contributed by atoms with Gasteiger partial charge in [0, 0.05) is 16.1 Å². The number of rotatable bonds is 4. The largest absolute Gasteiger partial charge is 0.412 e. The molecule has 3 aromatic carbocycles. The summed E-state index contributed by atoms with van der Waals surface area (Å²) in [7, 11) is 0. The van der Waals surface area contributed by atoms with Gasteiger partial charge in [0.1, 0.15) is 10.9 Å². The minimum atomic E-state index is -0.776. The predicted molar refractivity (Wildman–Crippen MR) is 113 cm³/mol. The number of nitro groups is 2. The SMILES string of the molecule is O=[N+]([O-])c1cc([N+](=O)[O-])c2c(=Nc3ccc(Cl)cc3)n(-c3ccc(Cl)cc3)n(O)c2c1. The number of hydrogen-bond donors (Lipinski definition) is 1. The smallest absolute Gasteiger partial charge is 0.289 e. The van der Waals surface area contributed by atoms with Crippen molar-refractivity contribution in [1.29, 1.82) is 0 Å². The normalized spacial score (nSPS) is 11.7. The van der Waals surface area contributed by atoms with Gasteiger partial charge in [0.15, 0.2) is 5.49 Å². The summed E-state index contributed by atoms with van der Waals surface area (Å²) in [6.07, 6.45) is 0. The molecule has 31 heavy (non-hydrogen) atoms. The second-order valence-electron chi connectivity index (χ2n) is 6.36. The van der Waals surface area contributed by atoms with Gasteiger partial charge in [-0.1, -0.05) is 23.2 Å². The van der Waals surface area contributed by atoms with Crippen molar-refractivity contribution in [2.45, 2.75) is 0 Å². The third-order valence-corrected chi connectivity index (χ3v) is 4.95. The molecule has 4 rings (SSSR count). The van der Waals surface area contributed by atoms with Crippen LogP contribution in [0.1, 0.15) is 0 Å². The number of hydrogen-bond acceptors (Lipinski definition) is 6. The topological polar surface area (TPSA) is 129 Å². The first kappa shape index (κ1) is 20.4. The van der Waals surface area contributed by atoms with Gasteiger partial charge in [-0.15, -0.1) is 4.85 Å². The molecular formula is C19H11Cl2N5O5. The summed E-state index contributed by atoms with van der Waals surface area (Å²) < 4.78 is 1.19. The molecule has 0 amide bonds. The molecule has 1 aromatic heterocycles. The van der Waals surface area contributed by atoms with E-state index in [4.69, 9.17) is 23.2 Å². The first-order valence-corrected chi connectivity index (χ1v) is 9.38. The van der Waals surface area contributed by atoms with E-state index >= 15 is 0 Å². The molecule has 0 aliphatic carbocycles. The first-order chi connectivity index (χ1) is 14.8. The third kappa shape index (κ3) is 3.69. The van der Waals surface area contributed by atoms with Crippen molar-refractivity contribution < 1.29 is 15.1 Å². The maximum absolute atomic E-state index is 11.7. The molecule has 0 spiro atoms. The molecule has 1 N–H and O–H groups in total.